The molecule has 1 fully saturated rings. The lowest BCUT2D eigenvalue weighted by atomic mass is 10.1. The summed E-state index contributed by atoms with van der Waals surface area (Å²) in [6.45, 7) is 4.17. The van der Waals surface area contributed by atoms with Crippen molar-refractivity contribution in [3.8, 4) is 0 Å². The van der Waals surface area contributed by atoms with Crippen molar-refractivity contribution in [2.24, 2.45) is 0 Å². The topological polar surface area (TPSA) is 131 Å². The third-order valence-electron chi connectivity index (χ3n) is 4.28. The largest absolute Gasteiger partial charge is 0.465 e. The van der Waals surface area contributed by atoms with Gasteiger partial charge in [-0.25, -0.2) is 9.59 Å². The van der Waals surface area contributed by atoms with E-state index in [1.54, 1.807) is 32.9 Å². The summed E-state index contributed by atoms with van der Waals surface area (Å²) in [5.74, 6) is -2.31. The Kier molecular flexibility index (Phi) is 6.57. The van der Waals surface area contributed by atoms with E-state index in [9.17, 15) is 24.0 Å². The maximum Gasteiger partial charge on any atom is 0.337 e. The molecule has 1 saturated heterocycles. The molecule has 1 heterocycles. The van der Waals surface area contributed by atoms with E-state index < -0.39 is 41.9 Å². The minimum Gasteiger partial charge on any atom is -0.465 e. The van der Waals surface area contributed by atoms with Gasteiger partial charge in [-0.15, -0.1) is 0 Å². The zero-order valence-corrected chi connectivity index (χ0v) is 16.7. The lowest BCUT2D eigenvalue weighted by Crippen LogP contribution is -2.40. The molecule has 1 aromatic carbocycles. The number of hydrogen-bond acceptors (Lipinski definition) is 7. The Morgan fingerprint density at radius 3 is 2.48 bits per heavy atom. The van der Waals surface area contributed by atoms with Gasteiger partial charge >= 0.3 is 18.0 Å². The highest BCUT2D eigenvalue weighted by atomic mass is 16.5. The smallest absolute Gasteiger partial charge is 0.337 e. The predicted molar refractivity (Wildman–Crippen MR) is 101 cm³/mol. The van der Waals surface area contributed by atoms with Gasteiger partial charge in [0.2, 0.25) is 0 Å². The Morgan fingerprint density at radius 2 is 1.90 bits per heavy atom. The van der Waals surface area contributed by atoms with E-state index in [2.05, 4.69) is 15.4 Å². The monoisotopic (exact) mass is 405 g/mol. The Morgan fingerprint density at radius 1 is 1.21 bits per heavy atom. The molecule has 0 radical (unpaired) electrons. The van der Waals surface area contributed by atoms with Crippen LogP contribution < -0.4 is 10.6 Å². The minimum atomic E-state index is -1.02. The van der Waals surface area contributed by atoms with Crippen molar-refractivity contribution in [1.82, 2.24) is 10.2 Å². The normalized spacial score (nSPS) is 15.0. The summed E-state index contributed by atoms with van der Waals surface area (Å²) >= 11 is 0. The number of urea groups is 1. The number of hydrogen-bond donors (Lipinski definition) is 2. The van der Waals surface area contributed by atoms with Gasteiger partial charge in [-0.05, 0) is 38.5 Å². The van der Waals surface area contributed by atoms with Crippen molar-refractivity contribution in [2.45, 2.75) is 32.7 Å². The first kappa shape index (κ1) is 21.9. The van der Waals surface area contributed by atoms with Crippen LogP contribution >= 0.6 is 0 Å². The van der Waals surface area contributed by atoms with Crippen LogP contribution in [0.25, 0.3) is 0 Å². The van der Waals surface area contributed by atoms with Gasteiger partial charge in [-0.2, -0.15) is 0 Å². The van der Waals surface area contributed by atoms with Gasteiger partial charge in [0.05, 0.1) is 19.1 Å². The van der Waals surface area contributed by atoms with E-state index >= 15 is 0 Å². The van der Waals surface area contributed by atoms with Crippen LogP contribution in [0.4, 0.5) is 10.5 Å². The Bertz CT molecular complexity index is 863. The van der Waals surface area contributed by atoms with E-state index in [0.29, 0.717) is 11.3 Å². The van der Waals surface area contributed by atoms with E-state index in [1.165, 1.54) is 13.2 Å². The standard InChI is InChI=1S/C19H23N3O7/c1-11-5-6-12(16(25)28-4)9-13(11)20-14(23)10-29-15(24)7-8-22-17(26)19(2,3)21-18(22)27/h5-6,9H,7-8,10H2,1-4H3,(H,20,23)(H,21,27). The molecule has 156 valence electrons. The molecule has 1 aliphatic rings. The molecule has 0 aromatic heterocycles. The summed E-state index contributed by atoms with van der Waals surface area (Å²) in [5, 5.41) is 5.06. The fourth-order valence-electron chi connectivity index (χ4n) is 2.63. The molecule has 4 amide bonds. The number of ether oxygens (including phenoxy) is 2. The molecule has 0 bridgehead atoms. The molecule has 0 atom stereocenters. The first-order valence-corrected chi connectivity index (χ1v) is 8.83. The Labute approximate surface area is 167 Å². The van der Waals surface area contributed by atoms with Gasteiger partial charge in [0.25, 0.3) is 11.8 Å². The lowest BCUT2D eigenvalue weighted by molar-refractivity contribution is -0.147. The lowest BCUT2D eigenvalue weighted by Gasteiger charge is -2.15. The quantitative estimate of drug-likeness (QED) is 0.511. The molecule has 0 spiro atoms. The summed E-state index contributed by atoms with van der Waals surface area (Å²) in [5.41, 5.74) is 0.341. The van der Waals surface area contributed by atoms with E-state index in [4.69, 9.17) is 4.74 Å². The number of aryl methyl sites for hydroxylation is 1. The van der Waals surface area contributed by atoms with E-state index in [0.717, 1.165) is 4.90 Å². The van der Waals surface area contributed by atoms with Crippen LogP contribution in [0.5, 0.6) is 0 Å². The van der Waals surface area contributed by atoms with E-state index in [-0.39, 0.29) is 18.5 Å². The van der Waals surface area contributed by atoms with Crippen molar-refractivity contribution in [3.05, 3.63) is 29.3 Å². The highest BCUT2D eigenvalue weighted by molar-refractivity contribution is 6.06. The second kappa shape index (κ2) is 8.72. The van der Waals surface area contributed by atoms with Crippen molar-refractivity contribution in [2.75, 3.05) is 25.6 Å². The number of benzene rings is 1. The number of anilines is 1. The van der Waals surface area contributed by atoms with Gasteiger partial charge in [0.15, 0.2) is 6.61 Å². The van der Waals surface area contributed by atoms with Crippen molar-refractivity contribution in [1.29, 1.82) is 0 Å². The van der Waals surface area contributed by atoms with Crippen molar-refractivity contribution in [3.63, 3.8) is 0 Å². The molecule has 0 aliphatic carbocycles. The molecule has 29 heavy (non-hydrogen) atoms. The zero-order valence-electron chi connectivity index (χ0n) is 16.7. The number of imide groups is 1. The summed E-state index contributed by atoms with van der Waals surface area (Å²) < 4.78 is 9.52. The van der Waals surface area contributed by atoms with Crippen LogP contribution in [0.15, 0.2) is 18.2 Å². The molecule has 0 unspecified atom stereocenters. The molecule has 0 saturated carbocycles. The second-order valence-electron chi connectivity index (χ2n) is 6.99. The van der Waals surface area contributed by atoms with Gasteiger partial charge in [0, 0.05) is 12.2 Å². The molecule has 2 rings (SSSR count). The number of nitrogens with one attached hydrogen (secondary N) is 2. The summed E-state index contributed by atoms with van der Waals surface area (Å²) in [6, 6.07) is 4.09. The zero-order chi connectivity index (χ0) is 21.8. The average molecular weight is 405 g/mol. The van der Waals surface area contributed by atoms with Crippen molar-refractivity contribution >= 4 is 35.5 Å². The number of methoxy groups -OCH3 is 1. The van der Waals surface area contributed by atoms with Gasteiger partial charge in [-0.3, -0.25) is 19.3 Å². The second-order valence-corrected chi connectivity index (χ2v) is 6.99. The van der Waals surface area contributed by atoms with Gasteiger partial charge in [0.1, 0.15) is 5.54 Å². The van der Waals surface area contributed by atoms with Crippen LogP contribution in [0, 0.1) is 6.92 Å². The number of carbonyl (C=O) groups is 5. The van der Waals surface area contributed by atoms with Crippen LogP contribution in [0.1, 0.15) is 36.2 Å². The molecule has 10 heteroatoms. The molecule has 1 aliphatic heterocycles. The third-order valence-corrected chi connectivity index (χ3v) is 4.28. The maximum absolute atomic E-state index is 12.0. The fraction of sp³-hybridized carbons (Fsp3) is 0.421. The Hall–Kier alpha value is -3.43. The van der Waals surface area contributed by atoms with Gasteiger partial charge in [-0.1, -0.05) is 6.07 Å². The highest BCUT2D eigenvalue weighted by Gasteiger charge is 2.44. The number of amides is 4. The first-order valence-electron chi connectivity index (χ1n) is 8.83. The van der Waals surface area contributed by atoms with E-state index in [1.807, 2.05) is 0 Å². The fourth-order valence-corrected chi connectivity index (χ4v) is 2.63. The highest BCUT2D eigenvalue weighted by Crippen LogP contribution is 2.18. The number of rotatable bonds is 7. The van der Waals surface area contributed by atoms with Crippen LogP contribution in [0.3, 0.4) is 0 Å². The molecule has 2 N–H and O–H groups in total. The molecular formula is C19H23N3O7. The average Bonchev–Trinajstić information content (AvgIpc) is 2.86. The molecule has 10 nitrogen and oxygen atoms in total. The predicted octanol–water partition coefficient (Wildman–Crippen LogP) is 0.984. The summed E-state index contributed by atoms with van der Waals surface area (Å²) in [4.78, 5) is 60.2. The van der Waals surface area contributed by atoms with Crippen LogP contribution in [-0.4, -0.2) is 60.5 Å². The summed E-state index contributed by atoms with van der Waals surface area (Å²) in [6.07, 6.45) is -0.237. The first-order chi connectivity index (χ1) is 13.5. The molecular weight excluding hydrogens is 382 g/mol. The van der Waals surface area contributed by atoms with Crippen LogP contribution in [-0.2, 0) is 23.9 Å². The van der Waals surface area contributed by atoms with Crippen LogP contribution in [0.2, 0.25) is 0 Å². The SMILES string of the molecule is COC(=O)c1ccc(C)c(NC(=O)COC(=O)CCN2C(=O)NC(C)(C)C2=O)c1. The number of nitrogens with zero attached hydrogens (tertiary/aromatic N) is 1. The van der Waals surface area contributed by atoms with Gasteiger partial charge < -0.3 is 20.1 Å². The maximum atomic E-state index is 12.0. The summed E-state index contributed by atoms with van der Waals surface area (Å²) in [7, 11) is 1.25. The number of carbonyl (C=O) groups excluding carboxylic acids is 5. The Balaban J connectivity index is 1.84. The molecule has 1 aromatic rings. The third kappa shape index (κ3) is 5.31. The minimum absolute atomic E-state index is 0.144. The van der Waals surface area contributed by atoms with Crippen molar-refractivity contribution < 1.29 is 33.4 Å². The number of esters is 2.